The number of hydrogen-bond donors (Lipinski definition) is 2. The molecule has 3 N–H and O–H groups in total. The molecule has 0 amide bonds. The molecule has 0 unspecified atom stereocenters. The quantitative estimate of drug-likeness (QED) is 0.217. The van der Waals surface area contributed by atoms with Crippen molar-refractivity contribution in [3.63, 3.8) is 0 Å². The first-order valence-electron chi connectivity index (χ1n) is 10.0. The van der Waals surface area contributed by atoms with Crippen LogP contribution in [0, 0.1) is 0 Å². The fraction of sp³-hybridized carbons (Fsp3) is 0.0400. The van der Waals surface area contributed by atoms with Crippen LogP contribution in [0.3, 0.4) is 0 Å². The van der Waals surface area contributed by atoms with Crippen molar-refractivity contribution in [3.05, 3.63) is 90.5 Å². The maximum atomic E-state index is 12.9. The van der Waals surface area contributed by atoms with Crippen LogP contribution in [-0.2, 0) is 6.18 Å². The lowest BCUT2D eigenvalue weighted by Crippen LogP contribution is -2.05. The van der Waals surface area contributed by atoms with Gasteiger partial charge in [0.1, 0.15) is 5.03 Å². The van der Waals surface area contributed by atoms with E-state index >= 15 is 0 Å². The summed E-state index contributed by atoms with van der Waals surface area (Å²) in [5, 5.41) is 5.79. The van der Waals surface area contributed by atoms with E-state index < -0.39 is 11.7 Å². The second kappa shape index (κ2) is 8.29. The van der Waals surface area contributed by atoms with Crippen molar-refractivity contribution in [1.82, 2.24) is 9.97 Å². The predicted molar refractivity (Wildman–Crippen MR) is 127 cm³/mol. The van der Waals surface area contributed by atoms with E-state index in [-0.39, 0.29) is 0 Å². The van der Waals surface area contributed by atoms with Gasteiger partial charge < -0.3 is 11.1 Å². The number of benzene rings is 4. The smallest absolute Gasteiger partial charge is 0.399 e. The Morgan fingerprint density at radius 3 is 2.06 bits per heavy atom. The predicted octanol–water partition coefficient (Wildman–Crippen LogP) is 7.28. The van der Waals surface area contributed by atoms with Gasteiger partial charge in [0.2, 0.25) is 0 Å². The van der Waals surface area contributed by atoms with E-state index in [1.807, 2.05) is 54.6 Å². The third kappa shape index (κ3) is 4.56. The van der Waals surface area contributed by atoms with Crippen molar-refractivity contribution in [1.29, 1.82) is 0 Å². The van der Waals surface area contributed by atoms with Crippen LogP contribution in [0.5, 0.6) is 0 Å². The number of anilines is 3. The van der Waals surface area contributed by atoms with E-state index in [1.165, 1.54) is 23.9 Å². The zero-order valence-electron chi connectivity index (χ0n) is 17.1. The van der Waals surface area contributed by atoms with E-state index in [2.05, 4.69) is 5.32 Å². The molecule has 0 bridgehead atoms. The van der Waals surface area contributed by atoms with Crippen LogP contribution >= 0.6 is 11.8 Å². The molecule has 0 aliphatic rings. The van der Waals surface area contributed by atoms with Crippen molar-refractivity contribution < 1.29 is 13.2 Å². The summed E-state index contributed by atoms with van der Waals surface area (Å²) in [5.74, 6) is 0.449. The molecule has 0 fully saturated rings. The summed E-state index contributed by atoms with van der Waals surface area (Å²) in [6.45, 7) is 0. The Labute approximate surface area is 191 Å². The molecule has 0 saturated carbocycles. The van der Waals surface area contributed by atoms with Gasteiger partial charge in [0.15, 0.2) is 5.82 Å². The van der Waals surface area contributed by atoms with Crippen LogP contribution in [0.4, 0.5) is 30.4 Å². The second-order valence-electron chi connectivity index (χ2n) is 7.44. The van der Waals surface area contributed by atoms with Crippen molar-refractivity contribution in [3.8, 4) is 0 Å². The molecule has 33 heavy (non-hydrogen) atoms. The third-order valence-corrected chi connectivity index (χ3v) is 6.01. The van der Waals surface area contributed by atoms with Crippen molar-refractivity contribution in [2.45, 2.75) is 16.1 Å². The topological polar surface area (TPSA) is 63.8 Å². The first kappa shape index (κ1) is 21.1. The summed E-state index contributed by atoms with van der Waals surface area (Å²) in [7, 11) is 0. The average Bonchev–Trinajstić information content (AvgIpc) is 2.78. The number of nitrogens with one attached hydrogen (secondary N) is 1. The molecule has 0 radical (unpaired) electrons. The number of fused-ring (bicyclic) bond motifs is 2. The molecule has 164 valence electrons. The van der Waals surface area contributed by atoms with Gasteiger partial charge in [0.25, 0.3) is 0 Å². The first-order valence-corrected chi connectivity index (χ1v) is 10.8. The summed E-state index contributed by atoms with van der Waals surface area (Å²) >= 11 is 1.38. The van der Waals surface area contributed by atoms with Gasteiger partial charge in [-0.25, -0.2) is 9.97 Å². The molecule has 4 aromatic carbocycles. The molecule has 5 aromatic rings. The molecule has 0 spiro atoms. The Kier molecular flexibility index (Phi) is 5.30. The van der Waals surface area contributed by atoms with E-state index in [0.717, 1.165) is 33.3 Å². The highest BCUT2D eigenvalue weighted by atomic mass is 32.2. The second-order valence-corrected chi connectivity index (χ2v) is 8.50. The van der Waals surface area contributed by atoms with E-state index in [4.69, 9.17) is 15.7 Å². The Bertz CT molecular complexity index is 1470. The minimum absolute atomic E-state index is 0.449. The number of aromatic nitrogens is 2. The van der Waals surface area contributed by atoms with Crippen LogP contribution in [-0.4, -0.2) is 9.97 Å². The van der Waals surface area contributed by atoms with E-state index in [9.17, 15) is 13.2 Å². The van der Waals surface area contributed by atoms with Gasteiger partial charge in [-0.2, -0.15) is 13.2 Å². The molecule has 8 heteroatoms. The molecule has 1 heterocycles. The lowest BCUT2D eigenvalue weighted by molar-refractivity contribution is -0.137. The zero-order valence-corrected chi connectivity index (χ0v) is 17.9. The molecule has 0 atom stereocenters. The van der Waals surface area contributed by atoms with Crippen molar-refractivity contribution in [2.24, 2.45) is 0 Å². The van der Waals surface area contributed by atoms with Gasteiger partial charge in [0.05, 0.1) is 16.6 Å². The highest BCUT2D eigenvalue weighted by Gasteiger charge is 2.30. The number of nitrogens with two attached hydrogens (primary N) is 1. The van der Waals surface area contributed by atoms with Crippen molar-refractivity contribution >= 4 is 50.8 Å². The number of nitrogens with zero attached hydrogens (tertiary/aromatic N) is 2. The Morgan fingerprint density at radius 2 is 1.42 bits per heavy atom. The lowest BCUT2D eigenvalue weighted by Gasteiger charge is -2.13. The maximum Gasteiger partial charge on any atom is 0.416 e. The fourth-order valence-corrected chi connectivity index (χ4v) is 4.35. The normalized spacial score (nSPS) is 11.7. The molecule has 0 aliphatic heterocycles. The number of hydrogen-bond acceptors (Lipinski definition) is 5. The van der Waals surface area contributed by atoms with Gasteiger partial charge >= 0.3 is 6.18 Å². The largest absolute Gasteiger partial charge is 0.416 e. The average molecular weight is 463 g/mol. The van der Waals surface area contributed by atoms with Crippen LogP contribution in [0.25, 0.3) is 21.8 Å². The van der Waals surface area contributed by atoms with E-state index in [1.54, 1.807) is 6.07 Å². The monoisotopic (exact) mass is 462 g/mol. The molecule has 5 rings (SSSR count). The van der Waals surface area contributed by atoms with Gasteiger partial charge in [-0.1, -0.05) is 42.1 Å². The van der Waals surface area contributed by atoms with Crippen LogP contribution in [0.15, 0.2) is 94.9 Å². The zero-order chi connectivity index (χ0) is 23.0. The minimum atomic E-state index is -4.39. The summed E-state index contributed by atoms with van der Waals surface area (Å²) < 4.78 is 38.8. The summed E-state index contributed by atoms with van der Waals surface area (Å²) in [4.78, 5) is 10.5. The number of alkyl halides is 3. The summed E-state index contributed by atoms with van der Waals surface area (Å²) in [6, 6.07) is 24.1. The van der Waals surface area contributed by atoms with Crippen LogP contribution in [0.2, 0.25) is 0 Å². The SMILES string of the molecule is Nc1cccc(Sc2nc3cc4ccccc4cc3nc2Nc2ccc(C(F)(F)F)cc2)c1. The molecular formula is C25H17F3N4S. The molecular weight excluding hydrogens is 445 g/mol. The fourth-order valence-electron chi connectivity index (χ4n) is 3.45. The number of nitrogen functional groups attached to an aromatic ring is 1. The van der Waals surface area contributed by atoms with Crippen molar-refractivity contribution in [2.75, 3.05) is 11.1 Å². The van der Waals surface area contributed by atoms with E-state index in [0.29, 0.717) is 27.7 Å². The highest BCUT2D eigenvalue weighted by molar-refractivity contribution is 7.99. The number of rotatable bonds is 4. The van der Waals surface area contributed by atoms with Crippen LogP contribution in [0.1, 0.15) is 5.56 Å². The van der Waals surface area contributed by atoms with Crippen LogP contribution < -0.4 is 11.1 Å². The number of halogens is 3. The molecule has 0 saturated heterocycles. The Morgan fingerprint density at radius 1 is 0.758 bits per heavy atom. The minimum Gasteiger partial charge on any atom is -0.399 e. The molecule has 4 nitrogen and oxygen atoms in total. The van der Waals surface area contributed by atoms with Gasteiger partial charge in [-0.05, 0) is 65.4 Å². The standard InChI is InChI=1S/C25H17F3N4S/c26-25(27,28)17-8-10-19(11-9-17)30-23-24(33-20-7-3-6-18(29)14-20)32-22-13-16-5-2-1-4-15(16)12-21(22)31-23/h1-14H,29H2,(H,30,31). The first-order chi connectivity index (χ1) is 15.8. The highest BCUT2D eigenvalue weighted by Crippen LogP contribution is 2.36. The Balaban J connectivity index is 1.59. The third-order valence-electron chi connectivity index (χ3n) is 5.05. The van der Waals surface area contributed by atoms with Gasteiger partial charge in [-0.3, -0.25) is 0 Å². The summed E-state index contributed by atoms with van der Waals surface area (Å²) in [6.07, 6.45) is -4.39. The molecule has 0 aliphatic carbocycles. The maximum absolute atomic E-state index is 12.9. The lowest BCUT2D eigenvalue weighted by atomic mass is 10.1. The van der Waals surface area contributed by atoms with Gasteiger partial charge in [0, 0.05) is 16.3 Å². The van der Waals surface area contributed by atoms with Gasteiger partial charge in [-0.15, -0.1) is 0 Å². The Hall–Kier alpha value is -3.78. The summed E-state index contributed by atoms with van der Waals surface area (Å²) in [5.41, 5.74) is 7.71. The molecule has 1 aromatic heterocycles.